The van der Waals surface area contributed by atoms with Gasteiger partial charge >= 0.3 is 5.69 Å². The fourth-order valence-electron chi connectivity index (χ4n) is 4.97. The molecule has 1 aromatic carbocycles. The number of benzene rings is 1. The summed E-state index contributed by atoms with van der Waals surface area (Å²) in [5.41, 5.74) is 3.64. The van der Waals surface area contributed by atoms with Crippen LogP contribution in [0, 0.1) is 11.3 Å². The van der Waals surface area contributed by atoms with Gasteiger partial charge in [-0.2, -0.15) is 5.26 Å². The predicted octanol–water partition coefficient (Wildman–Crippen LogP) is 3.20. The zero-order chi connectivity index (χ0) is 26.2. The number of rotatable bonds is 6. The van der Waals surface area contributed by atoms with Crippen LogP contribution in [0.4, 0.5) is 0 Å². The highest BCUT2D eigenvalue weighted by molar-refractivity contribution is 5.74. The molecule has 4 aromatic heterocycles. The van der Waals surface area contributed by atoms with Gasteiger partial charge in [-0.15, -0.1) is 0 Å². The van der Waals surface area contributed by atoms with E-state index in [0.29, 0.717) is 71.4 Å². The molecule has 0 saturated carbocycles. The molecule has 0 radical (unpaired) electrons. The van der Waals surface area contributed by atoms with E-state index < -0.39 is 0 Å². The van der Waals surface area contributed by atoms with E-state index >= 15 is 0 Å². The van der Waals surface area contributed by atoms with Crippen molar-refractivity contribution < 1.29 is 14.2 Å². The van der Waals surface area contributed by atoms with E-state index in [9.17, 15) is 10.1 Å². The SMILES string of the molecule is COc1ccc(Cn2c(=O)n(C3CCOCC3)c3nc(-c4cnc5ccc(C#N)cn45)ncc32)c(OC)c1. The third-order valence-corrected chi connectivity index (χ3v) is 6.95. The second-order valence-corrected chi connectivity index (χ2v) is 9.06. The number of pyridine rings is 1. The van der Waals surface area contributed by atoms with Crippen molar-refractivity contribution in [2.45, 2.75) is 25.4 Å². The fraction of sp³-hybridized carbons (Fsp3) is 0.296. The van der Waals surface area contributed by atoms with Gasteiger partial charge in [0.1, 0.15) is 34.4 Å². The topological polar surface area (TPSA) is 121 Å². The Morgan fingerprint density at radius 2 is 1.95 bits per heavy atom. The number of hydrogen-bond donors (Lipinski definition) is 0. The van der Waals surface area contributed by atoms with E-state index in [2.05, 4.69) is 16.0 Å². The molecule has 0 aliphatic carbocycles. The van der Waals surface area contributed by atoms with Gasteiger partial charge in [0.2, 0.25) is 0 Å². The van der Waals surface area contributed by atoms with Crippen LogP contribution in [-0.2, 0) is 11.3 Å². The van der Waals surface area contributed by atoms with Crippen molar-refractivity contribution in [3.63, 3.8) is 0 Å². The monoisotopic (exact) mass is 511 g/mol. The molecule has 0 spiro atoms. The average molecular weight is 512 g/mol. The number of hydrogen-bond acceptors (Lipinski definition) is 8. The molecule has 38 heavy (non-hydrogen) atoms. The Hall–Kier alpha value is -4.69. The quantitative estimate of drug-likeness (QED) is 0.341. The Kier molecular flexibility index (Phi) is 6.01. The van der Waals surface area contributed by atoms with Crippen LogP contribution in [0.1, 0.15) is 30.0 Å². The Balaban J connectivity index is 1.52. The number of methoxy groups -OCH3 is 2. The lowest BCUT2D eigenvalue weighted by Gasteiger charge is -2.22. The van der Waals surface area contributed by atoms with Gasteiger partial charge in [-0.3, -0.25) is 13.5 Å². The maximum Gasteiger partial charge on any atom is 0.330 e. The molecule has 5 aromatic rings. The summed E-state index contributed by atoms with van der Waals surface area (Å²) in [5.74, 6) is 1.71. The molecule has 1 aliphatic rings. The van der Waals surface area contributed by atoms with Gasteiger partial charge in [-0.05, 0) is 37.1 Å². The second kappa shape index (κ2) is 9.64. The molecule has 0 atom stereocenters. The predicted molar refractivity (Wildman–Crippen MR) is 138 cm³/mol. The van der Waals surface area contributed by atoms with E-state index in [1.807, 2.05) is 12.1 Å². The number of nitrogens with zero attached hydrogens (tertiary/aromatic N) is 7. The molecule has 11 heteroatoms. The number of imidazole rings is 2. The molecule has 1 saturated heterocycles. The van der Waals surface area contributed by atoms with Gasteiger partial charge < -0.3 is 14.2 Å². The zero-order valence-corrected chi connectivity index (χ0v) is 21.0. The number of nitriles is 1. The third-order valence-electron chi connectivity index (χ3n) is 6.95. The summed E-state index contributed by atoms with van der Waals surface area (Å²) in [6, 6.07) is 11.1. The summed E-state index contributed by atoms with van der Waals surface area (Å²) >= 11 is 0. The van der Waals surface area contributed by atoms with Crippen LogP contribution >= 0.6 is 0 Å². The molecular formula is C27H25N7O4. The van der Waals surface area contributed by atoms with Crippen LogP contribution in [0.25, 0.3) is 28.3 Å². The van der Waals surface area contributed by atoms with E-state index in [1.54, 1.807) is 64.5 Å². The van der Waals surface area contributed by atoms with Crippen molar-refractivity contribution in [1.82, 2.24) is 28.5 Å². The Morgan fingerprint density at radius 1 is 1.11 bits per heavy atom. The first kappa shape index (κ1) is 23.7. The van der Waals surface area contributed by atoms with Crippen molar-refractivity contribution in [1.29, 1.82) is 5.26 Å². The molecule has 6 rings (SSSR count). The van der Waals surface area contributed by atoms with E-state index in [1.165, 1.54) is 0 Å². The summed E-state index contributed by atoms with van der Waals surface area (Å²) in [5, 5.41) is 9.36. The van der Waals surface area contributed by atoms with E-state index in [-0.39, 0.29) is 18.3 Å². The highest BCUT2D eigenvalue weighted by Crippen LogP contribution is 2.29. The number of ether oxygens (including phenoxy) is 3. The lowest BCUT2D eigenvalue weighted by atomic mass is 10.1. The molecule has 1 fully saturated rings. The van der Waals surface area contributed by atoms with Crippen molar-refractivity contribution in [2.24, 2.45) is 0 Å². The van der Waals surface area contributed by atoms with E-state index in [4.69, 9.17) is 19.2 Å². The first-order chi connectivity index (χ1) is 18.6. The first-order valence-corrected chi connectivity index (χ1v) is 12.2. The third kappa shape index (κ3) is 3.95. The highest BCUT2D eigenvalue weighted by atomic mass is 16.5. The maximum absolute atomic E-state index is 13.9. The van der Waals surface area contributed by atoms with Gasteiger partial charge in [0.05, 0.1) is 38.7 Å². The molecule has 1 aliphatic heterocycles. The van der Waals surface area contributed by atoms with Gasteiger partial charge in [-0.25, -0.2) is 19.7 Å². The summed E-state index contributed by atoms with van der Waals surface area (Å²) < 4.78 is 21.7. The molecular weight excluding hydrogens is 486 g/mol. The van der Waals surface area contributed by atoms with Crippen LogP contribution in [0.3, 0.4) is 0 Å². The summed E-state index contributed by atoms with van der Waals surface area (Å²) in [7, 11) is 3.19. The molecule has 0 amide bonds. The summed E-state index contributed by atoms with van der Waals surface area (Å²) in [6.45, 7) is 1.44. The molecule has 11 nitrogen and oxygen atoms in total. The largest absolute Gasteiger partial charge is 0.497 e. The molecule has 0 bridgehead atoms. The van der Waals surface area contributed by atoms with Crippen LogP contribution in [-0.4, -0.2) is 55.9 Å². The fourth-order valence-corrected chi connectivity index (χ4v) is 4.97. The molecule has 192 valence electrons. The minimum absolute atomic E-state index is 0.0483. The van der Waals surface area contributed by atoms with Crippen LogP contribution in [0.5, 0.6) is 11.5 Å². The van der Waals surface area contributed by atoms with Gasteiger partial charge in [0.15, 0.2) is 11.5 Å². The number of aromatic nitrogens is 6. The minimum Gasteiger partial charge on any atom is -0.497 e. The summed E-state index contributed by atoms with van der Waals surface area (Å²) in [4.78, 5) is 27.9. The van der Waals surface area contributed by atoms with E-state index in [0.717, 1.165) is 5.56 Å². The Bertz CT molecular complexity index is 1760. The smallest absolute Gasteiger partial charge is 0.330 e. The van der Waals surface area contributed by atoms with Crippen LogP contribution in [0.2, 0.25) is 0 Å². The standard InChI is InChI=1S/C27H25N7O4/c1-36-20-5-4-18(23(11-20)37-2)16-33-22-14-30-25(21-13-29-24-6-3-17(12-28)15-32(21)24)31-26(22)34(27(33)35)19-7-9-38-10-8-19/h3-6,11,13-15,19H,7-10,16H2,1-2H3. The molecule has 5 heterocycles. The molecule has 0 N–H and O–H groups in total. The molecule has 0 unspecified atom stereocenters. The average Bonchev–Trinajstić information content (AvgIpc) is 3.51. The number of fused-ring (bicyclic) bond motifs is 2. The van der Waals surface area contributed by atoms with Gasteiger partial charge in [0.25, 0.3) is 0 Å². The second-order valence-electron chi connectivity index (χ2n) is 9.06. The minimum atomic E-state index is -0.166. The maximum atomic E-state index is 13.9. The lowest BCUT2D eigenvalue weighted by Crippen LogP contribution is -2.31. The Morgan fingerprint density at radius 3 is 2.71 bits per heavy atom. The van der Waals surface area contributed by atoms with Gasteiger partial charge in [0, 0.05) is 37.1 Å². The van der Waals surface area contributed by atoms with Crippen molar-refractivity contribution in [3.8, 4) is 29.1 Å². The van der Waals surface area contributed by atoms with Crippen molar-refractivity contribution >= 4 is 16.8 Å². The highest BCUT2D eigenvalue weighted by Gasteiger charge is 2.25. The van der Waals surface area contributed by atoms with Crippen LogP contribution < -0.4 is 15.2 Å². The zero-order valence-electron chi connectivity index (χ0n) is 21.0. The van der Waals surface area contributed by atoms with Gasteiger partial charge in [-0.1, -0.05) is 0 Å². The normalized spacial score (nSPS) is 14.1. The lowest BCUT2D eigenvalue weighted by molar-refractivity contribution is 0.0695. The van der Waals surface area contributed by atoms with Crippen molar-refractivity contribution in [3.05, 3.63) is 70.5 Å². The van der Waals surface area contributed by atoms with Crippen molar-refractivity contribution in [2.75, 3.05) is 27.4 Å². The van der Waals surface area contributed by atoms with Crippen LogP contribution in [0.15, 0.2) is 53.7 Å². The summed E-state index contributed by atoms with van der Waals surface area (Å²) in [6.07, 6.45) is 6.49. The Labute approximate surface area is 217 Å². The first-order valence-electron chi connectivity index (χ1n) is 12.2.